The largest absolute Gasteiger partial charge is 0.506 e. The number of nitroso groups, excluding NO2 is 1. The highest BCUT2D eigenvalue weighted by Gasteiger charge is 2.05. The highest BCUT2D eigenvalue weighted by Crippen LogP contribution is 2.27. The standard InChI is InChI=1S/C17H15NO4/c1-2-22-17(20)14-8-5-12(6-9-14)3-4-13-7-10-16(19)15(11-13)18-21/h3-11,19H,2H2,1H3/b4-3+. The van der Waals surface area contributed by atoms with Crippen LogP contribution in [0.2, 0.25) is 0 Å². The first-order valence-electron chi connectivity index (χ1n) is 6.75. The number of phenols is 1. The van der Waals surface area contributed by atoms with E-state index in [1.807, 2.05) is 6.08 Å². The molecule has 1 N–H and O–H groups in total. The molecule has 0 aliphatic heterocycles. The predicted molar refractivity (Wildman–Crippen MR) is 84.9 cm³/mol. The van der Waals surface area contributed by atoms with Crippen LogP contribution in [0, 0.1) is 4.91 Å². The van der Waals surface area contributed by atoms with Gasteiger partial charge in [-0.2, -0.15) is 0 Å². The molecule has 5 nitrogen and oxygen atoms in total. The zero-order valence-corrected chi connectivity index (χ0v) is 12.0. The van der Waals surface area contributed by atoms with Crippen molar-refractivity contribution in [2.45, 2.75) is 6.92 Å². The molecule has 0 saturated carbocycles. The topological polar surface area (TPSA) is 76.0 Å². The van der Waals surface area contributed by atoms with Gasteiger partial charge in [0.15, 0.2) is 0 Å². The maximum absolute atomic E-state index is 11.5. The number of rotatable bonds is 5. The number of esters is 1. The van der Waals surface area contributed by atoms with Crippen LogP contribution in [0.1, 0.15) is 28.4 Å². The van der Waals surface area contributed by atoms with Gasteiger partial charge in [0.1, 0.15) is 11.4 Å². The van der Waals surface area contributed by atoms with Gasteiger partial charge in [0.25, 0.3) is 0 Å². The smallest absolute Gasteiger partial charge is 0.338 e. The summed E-state index contributed by atoms with van der Waals surface area (Å²) in [4.78, 5) is 22.1. The van der Waals surface area contributed by atoms with Gasteiger partial charge in [-0.05, 0) is 47.5 Å². The van der Waals surface area contributed by atoms with E-state index >= 15 is 0 Å². The van der Waals surface area contributed by atoms with E-state index in [0.29, 0.717) is 12.2 Å². The second-order valence-electron chi connectivity index (χ2n) is 4.52. The zero-order chi connectivity index (χ0) is 15.9. The van der Waals surface area contributed by atoms with Crippen molar-refractivity contribution in [1.82, 2.24) is 0 Å². The quantitative estimate of drug-likeness (QED) is 0.511. The number of carbonyl (C=O) groups excluding carboxylic acids is 1. The van der Waals surface area contributed by atoms with Gasteiger partial charge in [0, 0.05) is 0 Å². The molecule has 0 spiro atoms. The number of carbonyl (C=O) groups is 1. The van der Waals surface area contributed by atoms with Crippen LogP contribution < -0.4 is 0 Å². The number of nitrogens with zero attached hydrogens (tertiary/aromatic N) is 1. The van der Waals surface area contributed by atoms with Crippen LogP contribution in [0.25, 0.3) is 12.2 Å². The molecule has 0 aliphatic carbocycles. The molecule has 0 bridgehead atoms. The van der Waals surface area contributed by atoms with Crippen LogP contribution in [0.3, 0.4) is 0 Å². The molecule has 0 aliphatic rings. The van der Waals surface area contributed by atoms with E-state index in [1.54, 1.807) is 43.3 Å². The van der Waals surface area contributed by atoms with Gasteiger partial charge >= 0.3 is 5.97 Å². The molecule has 2 aromatic rings. The van der Waals surface area contributed by atoms with Crippen molar-refractivity contribution in [1.29, 1.82) is 0 Å². The Labute approximate surface area is 127 Å². The van der Waals surface area contributed by atoms with Crippen LogP contribution in [0.15, 0.2) is 47.6 Å². The van der Waals surface area contributed by atoms with Gasteiger partial charge in [-0.15, -0.1) is 4.91 Å². The van der Waals surface area contributed by atoms with Crippen molar-refractivity contribution >= 4 is 23.8 Å². The minimum Gasteiger partial charge on any atom is -0.506 e. The molecule has 0 heterocycles. The number of phenolic OH excluding ortho intramolecular Hbond substituents is 1. The van der Waals surface area contributed by atoms with Crippen LogP contribution in [0.5, 0.6) is 5.75 Å². The van der Waals surface area contributed by atoms with Gasteiger partial charge in [-0.3, -0.25) is 0 Å². The summed E-state index contributed by atoms with van der Waals surface area (Å²) in [5.41, 5.74) is 2.12. The highest BCUT2D eigenvalue weighted by molar-refractivity contribution is 5.89. The minimum absolute atomic E-state index is 0.000177. The zero-order valence-electron chi connectivity index (χ0n) is 12.0. The number of hydrogen-bond donors (Lipinski definition) is 1. The van der Waals surface area contributed by atoms with Gasteiger partial charge in [-0.25, -0.2) is 4.79 Å². The molecule has 0 radical (unpaired) electrons. The molecule has 2 aromatic carbocycles. The molecule has 112 valence electrons. The summed E-state index contributed by atoms with van der Waals surface area (Å²) in [5.74, 6) is -0.496. The summed E-state index contributed by atoms with van der Waals surface area (Å²) in [5, 5.41) is 12.1. The molecule has 0 amide bonds. The lowest BCUT2D eigenvalue weighted by Gasteiger charge is -2.02. The fourth-order valence-corrected chi connectivity index (χ4v) is 1.85. The fourth-order valence-electron chi connectivity index (χ4n) is 1.85. The molecule has 0 fully saturated rings. The molecule has 0 aromatic heterocycles. The summed E-state index contributed by atoms with van der Waals surface area (Å²) >= 11 is 0. The molecular weight excluding hydrogens is 282 g/mol. The minimum atomic E-state index is -0.349. The maximum Gasteiger partial charge on any atom is 0.338 e. The molecule has 0 saturated heterocycles. The Balaban J connectivity index is 2.13. The van der Waals surface area contributed by atoms with E-state index in [4.69, 9.17) is 4.74 Å². The summed E-state index contributed by atoms with van der Waals surface area (Å²) in [6.45, 7) is 2.10. The normalized spacial score (nSPS) is 10.6. The summed E-state index contributed by atoms with van der Waals surface area (Å²) < 4.78 is 4.91. The van der Waals surface area contributed by atoms with Crippen molar-refractivity contribution in [2.75, 3.05) is 6.61 Å². The third-order valence-corrected chi connectivity index (χ3v) is 2.99. The number of hydrogen-bond acceptors (Lipinski definition) is 5. The molecule has 22 heavy (non-hydrogen) atoms. The Morgan fingerprint density at radius 2 is 1.77 bits per heavy atom. The Hall–Kier alpha value is -2.95. The first-order valence-corrected chi connectivity index (χ1v) is 6.75. The monoisotopic (exact) mass is 297 g/mol. The summed E-state index contributed by atoms with van der Waals surface area (Å²) in [6.07, 6.45) is 3.61. The van der Waals surface area contributed by atoms with E-state index in [-0.39, 0.29) is 17.4 Å². The Morgan fingerprint density at radius 1 is 1.14 bits per heavy atom. The number of aromatic hydroxyl groups is 1. The molecule has 2 rings (SSSR count). The van der Waals surface area contributed by atoms with Crippen molar-refractivity contribution in [2.24, 2.45) is 5.18 Å². The van der Waals surface area contributed by atoms with Gasteiger partial charge in [-0.1, -0.05) is 30.4 Å². The average Bonchev–Trinajstić information content (AvgIpc) is 2.55. The number of ether oxygens (including phenoxy) is 1. The van der Waals surface area contributed by atoms with Crippen LogP contribution >= 0.6 is 0 Å². The van der Waals surface area contributed by atoms with Crippen molar-refractivity contribution in [3.63, 3.8) is 0 Å². The molecule has 0 atom stereocenters. The Morgan fingerprint density at radius 3 is 2.41 bits per heavy atom. The van der Waals surface area contributed by atoms with E-state index < -0.39 is 0 Å². The van der Waals surface area contributed by atoms with Gasteiger partial charge in [0.05, 0.1) is 12.2 Å². The van der Waals surface area contributed by atoms with Gasteiger partial charge < -0.3 is 9.84 Å². The summed E-state index contributed by atoms with van der Waals surface area (Å²) in [6, 6.07) is 11.5. The van der Waals surface area contributed by atoms with E-state index in [0.717, 1.165) is 11.1 Å². The van der Waals surface area contributed by atoms with Crippen LogP contribution in [-0.2, 0) is 4.74 Å². The summed E-state index contributed by atoms with van der Waals surface area (Å²) in [7, 11) is 0. The van der Waals surface area contributed by atoms with Crippen molar-refractivity contribution in [3.8, 4) is 5.75 Å². The maximum atomic E-state index is 11.5. The third-order valence-electron chi connectivity index (χ3n) is 2.99. The molecule has 5 heteroatoms. The first-order chi connectivity index (χ1) is 10.6. The molecule has 0 unspecified atom stereocenters. The lowest BCUT2D eigenvalue weighted by molar-refractivity contribution is 0.0526. The molecular formula is C17H15NO4. The predicted octanol–water partition coefficient (Wildman–Crippen LogP) is 4.14. The second-order valence-corrected chi connectivity index (χ2v) is 4.52. The van der Waals surface area contributed by atoms with Crippen molar-refractivity contribution < 1.29 is 14.6 Å². The number of benzene rings is 2. The lowest BCUT2D eigenvalue weighted by atomic mass is 10.1. The van der Waals surface area contributed by atoms with E-state index in [2.05, 4.69) is 5.18 Å². The third kappa shape index (κ3) is 3.79. The lowest BCUT2D eigenvalue weighted by Crippen LogP contribution is -2.03. The fraction of sp³-hybridized carbons (Fsp3) is 0.118. The highest BCUT2D eigenvalue weighted by atomic mass is 16.5. The second kappa shape index (κ2) is 7.17. The average molecular weight is 297 g/mol. The van der Waals surface area contributed by atoms with Crippen LogP contribution in [0.4, 0.5) is 5.69 Å². The van der Waals surface area contributed by atoms with Gasteiger partial charge in [0.2, 0.25) is 0 Å². The van der Waals surface area contributed by atoms with E-state index in [1.165, 1.54) is 12.1 Å². The Bertz CT molecular complexity index is 705. The van der Waals surface area contributed by atoms with E-state index in [9.17, 15) is 14.8 Å². The van der Waals surface area contributed by atoms with Crippen molar-refractivity contribution in [3.05, 3.63) is 64.1 Å². The van der Waals surface area contributed by atoms with Crippen LogP contribution in [-0.4, -0.2) is 17.7 Å². The Kier molecular flexibility index (Phi) is 5.03. The first kappa shape index (κ1) is 15.4. The SMILES string of the molecule is CCOC(=O)c1ccc(/C=C/c2ccc(O)c(N=O)c2)cc1.